The first-order valence-corrected chi connectivity index (χ1v) is 7.77. The lowest BCUT2D eigenvalue weighted by Gasteiger charge is -2.33. The van der Waals surface area contributed by atoms with E-state index in [1.54, 1.807) is 6.08 Å². The molecule has 0 radical (unpaired) electrons. The van der Waals surface area contributed by atoms with Crippen molar-refractivity contribution in [1.29, 1.82) is 0 Å². The fraction of sp³-hybridized carbons (Fsp3) is 0.438. The highest BCUT2D eigenvalue weighted by molar-refractivity contribution is 6.30. The summed E-state index contributed by atoms with van der Waals surface area (Å²) in [5.41, 5.74) is -0.819. The van der Waals surface area contributed by atoms with Gasteiger partial charge >= 0.3 is 6.18 Å². The summed E-state index contributed by atoms with van der Waals surface area (Å²) >= 11 is 5.78. The van der Waals surface area contributed by atoms with E-state index < -0.39 is 24.2 Å². The van der Waals surface area contributed by atoms with Crippen LogP contribution in [-0.4, -0.2) is 27.9 Å². The van der Waals surface area contributed by atoms with Gasteiger partial charge in [0, 0.05) is 22.7 Å². The molecule has 1 fully saturated rings. The van der Waals surface area contributed by atoms with Gasteiger partial charge in [0.1, 0.15) is 0 Å². The SMILES string of the molecule is CC(C)CC=C1CC(O)(C(F)(F)F)N(C(=O)c2cccc(Cl)c2)N1. The van der Waals surface area contributed by atoms with E-state index in [4.69, 9.17) is 11.6 Å². The number of rotatable bonds is 3. The molecule has 1 heterocycles. The average molecular weight is 363 g/mol. The second kappa shape index (κ2) is 6.64. The van der Waals surface area contributed by atoms with Crippen molar-refractivity contribution < 1.29 is 23.1 Å². The summed E-state index contributed by atoms with van der Waals surface area (Å²) in [6.07, 6.45) is -3.67. The zero-order valence-electron chi connectivity index (χ0n) is 13.2. The average Bonchev–Trinajstić information content (AvgIpc) is 2.82. The summed E-state index contributed by atoms with van der Waals surface area (Å²) in [5.74, 6) is -0.777. The van der Waals surface area contributed by atoms with Crippen LogP contribution in [-0.2, 0) is 0 Å². The van der Waals surface area contributed by atoms with Gasteiger partial charge in [0.2, 0.25) is 0 Å². The Kier molecular flexibility index (Phi) is 5.15. The van der Waals surface area contributed by atoms with E-state index >= 15 is 0 Å². The summed E-state index contributed by atoms with van der Waals surface area (Å²) in [6.45, 7) is 3.83. The van der Waals surface area contributed by atoms with Gasteiger partial charge in [-0.2, -0.15) is 13.2 Å². The molecule has 24 heavy (non-hydrogen) atoms. The van der Waals surface area contributed by atoms with Crippen LogP contribution in [0.5, 0.6) is 0 Å². The number of allylic oxidation sites excluding steroid dienone is 1. The first kappa shape index (κ1) is 18.6. The van der Waals surface area contributed by atoms with Gasteiger partial charge in [-0.25, -0.2) is 5.01 Å². The van der Waals surface area contributed by atoms with Crippen molar-refractivity contribution in [2.24, 2.45) is 5.92 Å². The third-order valence-electron chi connectivity index (χ3n) is 3.63. The lowest BCUT2D eigenvalue weighted by atomic mass is 10.0. The van der Waals surface area contributed by atoms with E-state index in [9.17, 15) is 23.1 Å². The van der Waals surface area contributed by atoms with Crippen molar-refractivity contribution in [2.45, 2.75) is 38.6 Å². The van der Waals surface area contributed by atoms with E-state index in [1.807, 2.05) is 13.8 Å². The van der Waals surface area contributed by atoms with E-state index in [1.165, 1.54) is 24.3 Å². The lowest BCUT2D eigenvalue weighted by molar-refractivity contribution is -0.299. The lowest BCUT2D eigenvalue weighted by Crippen LogP contribution is -2.59. The summed E-state index contributed by atoms with van der Waals surface area (Å²) in [7, 11) is 0. The fourth-order valence-corrected chi connectivity index (χ4v) is 2.50. The Morgan fingerprint density at radius 1 is 1.50 bits per heavy atom. The number of alkyl halides is 3. The Labute approximate surface area is 142 Å². The molecule has 2 N–H and O–H groups in total. The molecule has 0 aromatic heterocycles. The van der Waals surface area contributed by atoms with Crippen LogP contribution in [0, 0.1) is 5.92 Å². The third-order valence-corrected chi connectivity index (χ3v) is 3.86. The Hall–Kier alpha value is -1.73. The van der Waals surface area contributed by atoms with E-state index in [0.717, 1.165) is 0 Å². The number of nitrogens with one attached hydrogen (secondary N) is 1. The van der Waals surface area contributed by atoms with Crippen LogP contribution in [0.3, 0.4) is 0 Å². The zero-order chi connectivity index (χ0) is 18.1. The number of benzene rings is 1. The highest BCUT2D eigenvalue weighted by Crippen LogP contribution is 2.41. The molecule has 0 aliphatic carbocycles. The van der Waals surface area contributed by atoms with Crippen LogP contribution in [0.4, 0.5) is 13.2 Å². The van der Waals surface area contributed by atoms with Crippen molar-refractivity contribution in [3.05, 3.63) is 46.6 Å². The fourth-order valence-electron chi connectivity index (χ4n) is 2.31. The standard InChI is InChI=1S/C16H18ClF3N2O2/c1-10(2)6-7-13-9-15(24,16(18,19)20)22(21-13)14(23)11-4-3-5-12(17)8-11/h3-5,7-8,10,21,24H,6,9H2,1-2H3. The quantitative estimate of drug-likeness (QED) is 0.858. The molecule has 1 aromatic rings. The minimum atomic E-state index is -5.01. The third kappa shape index (κ3) is 3.67. The Morgan fingerprint density at radius 2 is 2.17 bits per heavy atom. The van der Waals surface area contributed by atoms with E-state index in [2.05, 4.69) is 5.43 Å². The Balaban J connectivity index is 2.37. The molecular formula is C16H18ClF3N2O2. The van der Waals surface area contributed by atoms with Crippen LogP contribution in [0.15, 0.2) is 36.0 Å². The smallest absolute Gasteiger partial charge is 0.362 e. The number of hydrogen-bond acceptors (Lipinski definition) is 3. The first-order chi connectivity index (χ1) is 11.0. The summed E-state index contributed by atoms with van der Waals surface area (Å²) in [4.78, 5) is 12.5. The topological polar surface area (TPSA) is 52.6 Å². The molecule has 1 aromatic carbocycles. The van der Waals surface area contributed by atoms with Crippen molar-refractivity contribution in [1.82, 2.24) is 10.4 Å². The van der Waals surface area contributed by atoms with Gasteiger partial charge in [-0.1, -0.05) is 37.6 Å². The van der Waals surface area contributed by atoms with Crippen molar-refractivity contribution >= 4 is 17.5 Å². The molecule has 132 valence electrons. The second-order valence-corrected chi connectivity index (χ2v) is 6.55. The predicted molar refractivity (Wildman–Crippen MR) is 83.9 cm³/mol. The minimum Gasteiger partial charge on any atom is -0.362 e. The van der Waals surface area contributed by atoms with Gasteiger partial charge in [-0.15, -0.1) is 0 Å². The number of amides is 1. The summed E-state index contributed by atoms with van der Waals surface area (Å²) in [6, 6.07) is 5.54. The van der Waals surface area contributed by atoms with Gasteiger partial charge in [-0.05, 0) is 30.5 Å². The molecule has 1 saturated heterocycles. The molecule has 1 unspecified atom stereocenters. The number of halogens is 4. The molecular weight excluding hydrogens is 345 g/mol. The molecule has 1 aliphatic heterocycles. The monoisotopic (exact) mass is 362 g/mol. The largest absolute Gasteiger partial charge is 0.438 e. The number of hydrazine groups is 1. The molecule has 0 saturated carbocycles. The number of hydrogen-bond donors (Lipinski definition) is 2. The zero-order valence-corrected chi connectivity index (χ0v) is 13.9. The van der Waals surface area contributed by atoms with Crippen molar-refractivity contribution in [2.75, 3.05) is 0 Å². The Bertz CT molecular complexity index is 661. The molecule has 1 aliphatic rings. The number of carbonyl (C=O) groups excluding carboxylic acids is 1. The van der Waals surface area contributed by atoms with E-state index in [-0.39, 0.29) is 27.2 Å². The minimum absolute atomic E-state index is 0.0530. The van der Waals surface area contributed by atoms with Crippen LogP contribution in [0.1, 0.15) is 37.0 Å². The van der Waals surface area contributed by atoms with Gasteiger partial charge in [0.05, 0.1) is 0 Å². The first-order valence-electron chi connectivity index (χ1n) is 7.39. The maximum Gasteiger partial charge on any atom is 0.438 e. The molecule has 0 bridgehead atoms. The predicted octanol–water partition coefficient (Wildman–Crippen LogP) is 3.87. The Morgan fingerprint density at radius 3 is 2.71 bits per heavy atom. The highest BCUT2D eigenvalue weighted by Gasteiger charge is 2.63. The van der Waals surface area contributed by atoms with Crippen molar-refractivity contribution in [3.63, 3.8) is 0 Å². The molecule has 1 amide bonds. The maximum absolute atomic E-state index is 13.4. The highest BCUT2D eigenvalue weighted by atomic mass is 35.5. The van der Waals surface area contributed by atoms with E-state index in [0.29, 0.717) is 6.42 Å². The van der Waals surface area contributed by atoms with Crippen LogP contribution >= 0.6 is 11.6 Å². The van der Waals surface area contributed by atoms with Gasteiger partial charge in [-0.3, -0.25) is 10.2 Å². The molecule has 0 spiro atoms. The van der Waals surface area contributed by atoms with Gasteiger partial charge in [0.25, 0.3) is 11.6 Å². The maximum atomic E-state index is 13.4. The number of aliphatic hydroxyl groups is 1. The summed E-state index contributed by atoms with van der Waals surface area (Å²) < 4.78 is 40.2. The van der Waals surface area contributed by atoms with Crippen LogP contribution < -0.4 is 5.43 Å². The molecule has 2 rings (SSSR count). The van der Waals surface area contributed by atoms with Gasteiger partial charge in [0.15, 0.2) is 0 Å². The summed E-state index contributed by atoms with van der Waals surface area (Å²) in [5, 5.41) is 10.6. The normalized spacial score (nSPS) is 23.0. The van der Waals surface area contributed by atoms with Gasteiger partial charge < -0.3 is 5.11 Å². The molecule has 4 nitrogen and oxygen atoms in total. The van der Waals surface area contributed by atoms with Crippen molar-refractivity contribution in [3.8, 4) is 0 Å². The molecule has 1 atom stereocenters. The number of nitrogens with zero attached hydrogens (tertiary/aromatic N) is 1. The van der Waals surface area contributed by atoms with Crippen LogP contribution in [0.2, 0.25) is 5.02 Å². The van der Waals surface area contributed by atoms with Crippen LogP contribution in [0.25, 0.3) is 0 Å². The molecule has 8 heteroatoms. The second-order valence-electron chi connectivity index (χ2n) is 6.11. The number of carbonyl (C=O) groups is 1.